The summed E-state index contributed by atoms with van der Waals surface area (Å²) in [6.45, 7) is 2.08. The zero-order chi connectivity index (χ0) is 10.8. The molecule has 2 N–H and O–H groups in total. The monoisotopic (exact) mass is 282 g/mol. The quantitative estimate of drug-likeness (QED) is 0.917. The minimum atomic E-state index is 0.633. The number of rotatable bonds is 2. The molecule has 0 atom stereocenters. The summed E-state index contributed by atoms with van der Waals surface area (Å²) in [4.78, 5) is 5.23. The third-order valence-electron chi connectivity index (χ3n) is 2.14. The van der Waals surface area contributed by atoms with E-state index in [1.807, 2.05) is 6.20 Å². The molecule has 0 aliphatic heterocycles. The Morgan fingerprint density at radius 1 is 1.47 bits per heavy atom. The minimum Gasteiger partial charge on any atom is -0.375 e. The fourth-order valence-corrected chi connectivity index (χ4v) is 2.73. The van der Waals surface area contributed by atoms with Gasteiger partial charge in [0.1, 0.15) is 0 Å². The number of benzene rings is 1. The van der Waals surface area contributed by atoms with Crippen LogP contribution in [-0.4, -0.2) is 4.98 Å². The maximum absolute atomic E-state index is 5.59. The molecule has 1 aromatic heterocycles. The lowest BCUT2D eigenvalue weighted by Crippen LogP contribution is -1.87. The van der Waals surface area contributed by atoms with Crippen molar-refractivity contribution in [1.29, 1.82) is 0 Å². The van der Waals surface area contributed by atoms with Crippen LogP contribution in [0.25, 0.3) is 0 Å². The van der Waals surface area contributed by atoms with Gasteiger partial charge in [-0.1, -0.05) is 28.1 Å². The van der Waals surface area contributed by atoms with Crippen LogP contribution in [0.3, 0.4) is 0 Å². The topological polar surface area (TPSA) is 38.9 Å². The van der Waals surface area contributed by atoms with Gasteiger partial charge in [-0.2, -0.15) is 0 Å². The van der Waals surface area contributed by atoms with Crippen molar-refractivity contribution in [1.82, 2.24) is 4.98 Å². The summed E-state index contributed by atoms with van der Waals surface area (Å²) in [6.07, 6.45) is 2.72. The normalized spacial score (nSPS) is 10.5. The van der Waals surface area contributed by atoms with Gasteiger partial charge >= 0.3 is 0 Å². The summed E-state index contributed by atoms with van der Waals surface area (Å²) in [5, 5.41) is 0.633. The number of nitrogens with two attached hydrogens (primary N) is 1. The number of aromatic nitrogens is 1. The third kappa shape index (κ3) is 2.58. The Bertz CT molecular complexity index is 479. The molecule has 2 rings (SSSR count). The van der Waals surface area contributed by atoms with Crippen molar-refractivity contribution in [3.8, 4) is 0 Å². The average molecular weight is 283 g/mol. The number of nitrogen functional groups attached to an aromatic ring is 1. The van der Waals surface area contributed by atoms with Crippen molar-refractivity contribution in [2.75, 3.05) is 5.73 Å². The number of halogens is 1. The Morgan fingerprint density at radius 3 is 2.87 bits per heavy atom. The van der Waals surface area contributed by atoms with Gasteiger partial charge in [-0.25, -0.2) is 4.98 Å². The molecule has 0 saturated carbocycles. The van der Waals surface area contributed by atoms with Crippen molar-refractivity contribution >= 4 is 32.4 Å². The lowest BCUT2D eigenvalue weighted by molar-refractivity contribution is 1.19. The highest BCUT2D eigenvalue weighted by Gasteiger charge is 2.04. The van der Waals surface area contributed by atoms with Crippen molar-refractivity contribution < 1.29 is 0 Å². The maximum Gasteiger partial charge on any atom is 0.180 e. The van der Waals surface area contributed by atoms with Gasteiger partial charge < -0.3 is 5.73 Å². The van der Waals surface area contributed by atoms with Gasteiger partial charge in [0, 0.05) is 22.0 Å². The van der Waals surface area contributed by atoms with Crippen LogP contribution < -0.4 is 5.73 Å². The van der Waals surface area contributed by atoms with Gasteiger partial charge in [0.15, 0.2) is 5.13 Å². The molecule has 78 valence electrons. The first kappa shape index (κ1) is 10.6. The van der Waals surface area contributed by atoms with Gasteiger partial charge in [-0.15, -0.1) is 11.3 Å². The molecular weight excluding hydrogens is 272 g/mol. The summed E-state index contributed by atoms with van der Waals surface area (Å²) >= 11 is 5.11. The van der Waals surface area contributed by atoms with E-state index in [0.29, 0.717) is 5.13 Å². The van der Waals surface area contributed by atoms with E-state index in [2.05, 4.69) is 46.0 Å². The molecule has 0 unspecified atom stereocenters. The average Bonchev–Trinajstić information content (AvgIpc) is 2.56. The molecule has 15 heavy (non-hydrogen) atoms. The predicted molar refractivity (Wildman–Crippen MR) is 68.2 cm³/mol. The predicted octanol–water partition coefficient (Wildman–Crippen LogP) is 3.39. The third-order valence-corrected chi connectivity index (χ3v) is 3.71. The zero-order valence-electron chi connectivity index (χ0n) is 8.33. The number of nitrogens with zero attached hydrogens (tertiary/aromatic N) is 1. The molecule has 0 amide bonds. The van der Waals surface area contributed by atoms with Crippen LogP contribution >= 0.6 is 27.3 Å². The molecule has 0 fully saturated rings. The van der Waals surface area contributed by atoms with E-state index < -0.39 is 0 Å². The second-order valence-electron chi connectivity index (χ2n) is 3.44. The number of thiazole rings is 1. The Kier molecular flexibility index (Phi) is 3.07. The molecule has 1 aromatic carbocycles. The highest BCUT2D eigenvalue weighted by molar-refractivity contribution is 9.10. The van der Waals surface area contributed by atoms with E-state index in [0.717, 1.165) is 10.9 Å². The van der Waals surface area contributed by atoms with E-state index in [4.69, 9.17) is 5.73 Å². The second kappa shape index (κ2) is 4.33. The van der Waals surface area contributed by atoms with Gasteiger partial charge in [-0.05, 0) is 24.1 Å². The summed E-state index contributed by atoms with van der Waals surface area (Å²) in [5.41, 5.74) is 8.12. The molecule has 2 aromatic rings. The van der Waals surface area contributed by atoms with Gasteiger partial charge in [0.25, 0.3) is 0 Å². The van der Waals surface area contributed by atoms with Crippen molar-refractivity contribution in [2.24, 2.45) is 0 Å². The molecule has 0 aliphatic rings. The molecule has 4 heteroatoms. The van der Waals surface area contributed by atoms with Gasteiger partial charge in [0.2, 0.25) is 0 Å². The van der Waals surface area contributed by atoms with Crippen molar-refractivity contribution in [3.63, 3.8) is 0 Å². The number of aryl methyl sites for hydroxylation is 1. The van der Waals surface area contributed by atoms with Crippen LogP contribution in [0.15, 0.2) is 28.9 Å². The fraction of sp³-hybridized carbons (Fsp3) is 0.182. The largest absolute Gasteiger partial charge is 0.375 e. The first-order valence-electron chi connectivity index (χ1n) is 4.60. The van der Waals surface area contributed by atoms with Gasteiger partial charge in [0.05, 0.1) is 0 Å². The van der Waals surface area contributed by atoms with Crippen LogP contribution in [0.5, 0.6) is 0 Å². The van der Waals surface area contributed by atoms with E-state index in [1.54, 1.807) is 11.3 Å². The maximum atomic E-state index is 5.59. The highest BCUT2D eigenvalue weighted by atomic mass is 79.9. The standard InChI is InChI=1S/C11H11BrN2S/c1-7-2-3-8(10(12)4-7)5-9-6-14-11(13)15-9/h2-4,6H,5H2,1H3,(H2,13,14). The summed E-state index contributed by atoms with van der Waals surface area (Å²) in [7, 11) is 0. The molecule has 0 aliphatic carbocycles. The van der Waals surface area contributed by atoms with E-state index in [-0.39, 0.29) is 0 Å². The molecule has 1 heterocycles. The molecule has 2 nitrogen and oxygen atoms in total. The molecular formula is C11H11BrN2S. The zero-order valence-corrected chi connectivity index (χ0v) is 10.7. The summed E-state index contributed by atoms with van der Waals surface area (Å²) < 4.78 is 1.15. The first-order chi connectivity index (χ1) is 7.15. The van der Waals surface area contributed by atoms with Crippen molar-refractivity contribution in [2.45, 2.75) is 13.3 Å². The number of anilines is 1. The SMILES string of the molecule is Cc1ccc(Cc2cnc(N)s2)c(Br)c1. The summed E-state index contributed by atoms with van der Waals surface area (Å²) in [5.74, 6) is 0. The van der Waals surface area contributed by atoms with Crippen LogP contribution in [-0.2, 0) is 6.42 Å². The Morgan fingerprint density at radius 2 is 2.27 bits per heavy atom. The molecule has 0 spiro atoms. The van der Waals surface area contributed by atoms with E-state index in [9.17, 15) is 0 Å². The smallest absolute Gasteiger partial charge is 0.180 e. The fourth-order valence-electron chi connectivity index (χ4n) is 1.39. The van der Waals surface area contributed by atoms with Crippen LogP contribution in [0.1, 0.15) is 16.0 Å². The van der Waals surface area contributed by atoms with E-state index in [1.165, 1.54) is 16.0 Å². The van der Waals surface area contributed by atoms with Crippen LogP contribution in [0.4, 0.5) is 5.13 Å². The Hall–Kier alpha value is -0.870. The Labute approximate surface area is 101 Å². The lowest BCUT2D eigenvalue weighted by atomic mass is 10.1. The number of hydrogen-bond donors (Lipinski definition) is 1. The molecule has 0 saturated heterocycles. The second-order valence-corrected chi connectivity index (χ2v) is 5.44. The molecule has 0 bridgehead atoms. The lowest BCUT2D eigenvalue weighted by Gasteiger charge is -2.03. The summed E-state index contributed by atoms with van der Waals surface area (Å²) in [6, 6.07) is 6.37. The number of hydrogen-bond acceptors (Lipinski definition) is 3. The first-order valence-corrected chi connectivity index (χ1v) is 6.21. The van der Waals surface area contributed by atoms with E-state index >= 15 is 0 Å². The Balaban J connectivity index is 2.24. The molecule has 0 radical (unpaired) electrons. The van der Waals surface area contributed by atoms with Crippen LogP contribution in [0.2, 0.25) is 0 Å². The minimum absolute atomic E-state index is 0.633. The van der Waals surface area contributed by atoms with Gasteiger partial charge in [-0.3, -0.25) is 0 Å². The van der Waals surface area contributed by atoms with Crippen molar-refractivity contribution in [3.05, 3.63) is 44.9 Å². The van der Waals surface area contributed by atoms with Crippen LogP contribution in [0, 0.1) is 6.92 Å². The highest BCUT2D eigenvalue weighted by Crippen LogP contribution is 2.24.